The number of hydrogen-bond donors (Lipinski definition) is 2. The topological polar surface area (TPSA) is 105 Å². The normalized spacial score (nSPS) is 19.0. The van der Waals surface area contributed by atoms with Gasteiger partial charge in [0, 0.05) is 19.4 Å². The predicted octanol–water partition coefficient (Wildman–Crippen LogP) is 3.05. The van der Waals surface area contributed by atoms with Crippen LogP contribution in [0.5, 0.6) is 0 Å². The van der Waals surface area contributed by atoms with Crippen molar-refractivity contribution in [3.05, 3.63) is 53.1 Å². The molecule has 2 atom stereocenters. The summed E-state index contributed by atoms with van der Waals surface area (Å²) in [7, 11) is 0. The van der Waals surface area contributed by atoms with Crippen molar-refractivity contribution in [1.82, 2.24) is 19.8 Å². The van der Waals surface area contributed by atoms with Crippen molar-refractivity contribution in [3.8, 4) is 0 Å². The minimum atomic E-state index is -1.11. The number of amides is 2. The maximum atomic E-state index is 13.3. The Balaban J connectivity index is 1.56. The Morgan fingerprint density at radius 3 is 2.65 bits per heavy atom. The molecule has 2 aromatic rings. The Labute approximate surface area is 200 Å². The summed E-state index contributed by atoms with van der Waals surface area (Å²) >= 11 is 0. The molecule has 1 aliphatic heterocycles. The number of carbonyl (C=O) groups excluding carboxylic acids is 2. The zero-order valence-corrected chi connectivity index (χ0v) is 20.0. The molecule has 1 saturated carbocycles. The minimum Gasteiger partial charge on any atom is -0.480 e. The molecule has 8 heteroatoms. The lowest BCUT2D eigenvalue weighted by Crippen LogP contribution is -2.55. The fraction of sp³-hybridized carbons (Fsp3) is 0.538. The highest BCUT2D eigenvalue weighted by molar-refractivity contribution is 5.90. The predicted molar refractivity (Wildman–Crippen MR) is 127 cm³/mol. The molecule has 0 saturated heterocycles. The van der Waals surface area contributed by atoms with Crippen LogP contribution in [-0.2, 0) is 33.9 Å². The highest BCUT2D eigenvalue weighted by atomic mass is 16.4. The summed E-state index contributed by atoms with van der Waals surface area (Å²) in [6.07, 6.45) is 8.09. The number of nitrogens with zero attached hydrogens (tertiary/aromatic N) is 3. The standard InChI is InChI=1S/C26H34N4O4/c1-17-7-3-6-10-20(17)14-29-16-27-21-13-22(25(32)28-18(2)26(33)34)30(15-23(21)29)24(31)12-11-19-8-4-5-9-19/h3,6-7,10,16,18-19,22H,4-5,8-9,11-15H2,1-2H3,(H,28,32)(H,33,34). The van der Waals surface area contributed by atoms with E-state index >= 15 is 0 Å². The van der Waals surface area contributed by atoms with Crippen molar-refractivity contribution in [1.29, 1.82) is 0 Å². The van der Waals surface area contributed by atoms with Crippen molar-refractivity contribution in [3.63, 3.8) is 0 Å². The lowest BCUT2D eigenvalue weighted by Gasteiger charge is -2.35. The Bertz CT molecular complexity index is 1060. The number of carboxylic acids is 1. The fourth-order valence-electron chi connectivity index (χ4n) is 5.11. The number of aliphatic carboxylic acids is 1. The van der Waals surface area contributed by atoms with Crippen LogP contribution in [0.3, 0.4) is 0 Å². The summed E-state index contributed by atoms with van der Waals surface area (Å²) in [5.41, 5.74) is 4.09. The number of carboxylic acid groups (broad SMARTS) is 1. The van der Waals surface area contributed by atoms with Crippen molar-refractivity contribution in [2.45, 2.75) is 84.0 Å². The van der Waals surface area contributed by atoms with Crippen LogP contribution < -0.4 is 5.32 Å². The first kappa shape index (κ1) is 24.0. The van der Waals surface area contributed by atoms with E-state index in [1.54, 1.807) is 11.2 Å². The van der Waals surface area contributed by atoms with E-state index in [9.17, 15) is 19.5 Å². The lowest BCUT2D eigenvalue weighted by molar-refractivity contribution is -0.145. The SMILES string of the molecule is Cc1ccccc1Cn1cnc2c1CN(C(=O)CCC1CCCC1)C(C(=O)NC(C)C(=O)O)C2. The monoisotopic (exact) mass is 466 g/mol. The van der Waals surface area contributed by atoms with Gasteiger partial charge in [-0.3, -0.25) is 14.4 Å². The molecular weight excluding hydrogens is 432 g/mol. The summed E-state index contributed by atoms with van der Waals surface area (Å²) in [5, 5.41) is 11.8. The number of hydrogen-bond acceptors (Lipinski definition) is 4. The van der Waals surface area contributed by atoms with Gasteiger partial charge in [0.25, 0.3) is 0 Å². The molecule has 182 valence electrons. The smallest absolute Gasteiger partial charge is 0.325 e. The number of benzene rings is 1. The first-order valence-corrected chi connectivity index (χ1v) is 12.2. The molecule has 0 bridgehead atoms. The largest absolute Gasteiger partial charge is 0.480 e. The highest BCUT2D eigenvalue weighted by Gasteiger charge is 2.37. The zero-order chi connectivity index (χ0) is 24.2. The Kier molecular flexibility index (Phi) is 7.34. The average molecular weight is 467 g/mol. The van der Waals surface area contributed by atoms with Gasteiger partial charge in [-0.2, -0.15) is 0 Å². The zero-order valence-electron chi connectivity index (χ0n) is 20.0. The third kappa shape index (κ3) is 5.32. The van der Waals surface area contributed by atoms with Gasteiger partial charge in [0.1, 0.15) is 12.1 Å². The third-order valence-corrected chi connectivity index (χ3v) is 7.31. The van der Waals surface area contributed by atoms with Crippen LogP contribution in [0.4, 0.5) is 0 Å². The summed E-state index contributed by atoms with van der Waals surface area (Å²) in [6, 6.07) is 6.39. The minimum absolute atomic E-state index is 0.0516. The average Bonchev–Trinajstić information content (AvgIpc) is 3.48. The quantitative estimate of drug-likeness (QED) is 0.622. The fourth-order valence-corrected chi connectivity index (χ4v) is 5.11. The van der Waals surface area contributed by atoms with Crippen LogP contribution in [-0.4, -0.2) is 49.4 Å². The maximum absolute atomic E-state index is 13.3. The van der Waals surface area contributed by atoms with Gasteiger partial charge in [-0.25, -0.2) is 4.98 Å². The molecule has 2 unspecified atom stereocenters. The van der Waals surface area contributed by atoms with Gasteiger partial charge in [-0.05, 0) is 37.3 Å². The van der Waals surface area contributed by atoms with E-state index in [-0.39, 0.29) is 12.3 Å². The first-order valence-electron chi connectivity index (χ1n) is 12.2. The van der Waals surface area contributed by atoms with E-state index in [0.29, 0.717) is 25.4 Å². The molecule has 1 aromatic carbocycles. The molecule has 0 radical (unpaired) electrons. The highest BCUT2D eigenvalue weighted by Crippen LogP contribution is 2.30. The van der Waals surface area contributed by atoms with Gasteiger partial charge in [0.2, 0.25) is 11.8 Å². The van der Waals surface area contributed by atoms with Crippen molar-refractivity contribution >= 4 is 17.8 Å². The summed E-state index contributed by atoms with van der Waals surface area (Å²) in [6.45, 7) is 4.44. The molecule has 4 rings (SSSR count). The van der Waals surface area contributed by atoms with Crippen LogP contribution >= 0.6 is 0 Å². The molecule has 34 heavy (non-hydrogen) atoms. The van der Waals surface area contributed by atoms with E-state index in [0.717, 1.165) is 17.8 Å². The van der Waals surface area contributed by atoms with Crippen LogP contribution in [0.2, 0.25) is 0 Å². The van der Waals surface area contributed by atoms with Gasteiger partial charge >= 0.3 is 5.97 Å². The van der Waals surface area contributed by atoms with Gasteiger partial charge in [-0.15, -0.1) is 0 Å². The van der Waals surface area contributed by atoms with Gasteiger partial charge in [-0.1, -0.05) is 49.9 Å². The lowest BCUT2D eigenvalue weighted by atomic mass is 9.97. The van der Waals surface area contributed by atoms with Gasteiger partial charge in [0.15, 0.2) is 0 Å². The molecule has 2 N–H and O–H groups in total. The number of rotatable bonds is 8. The van der Waals surface area contributed by atoms with E-state index in [1.165, 1.54) is 43.7 Å². The molecular formula is C26H34N4O4. The molecule has 1 aliphatic carbocycles. The number of imidazole rings is 1. The van der Waals surface area contributed by atoms with E-state index in [4.69, 9.17) is 0 Å². The summed E-state index contributed by atoms with van der Waals surface area (Å²) in [5.74, 6) is -1.02. The number of fused-ring (bicyclic) bond motifs is 1. The second-order valence-electron chi connectivity index (χ2n) is 9.69. The number of aromatic nitrogens is 2. The van der Waals surface area contributed by atoms with Gasteiger partial charge < -0.3 is 19.9 Å². The summed E-state index contributed by atoms with van der Waals surface area (Å²) in [4.78, 5) is 43.9. The van der Waals surface area contributed by atoms with E-state index in [1.807, 2.05) is 12.1 Å². The van der Waals surface area contributed by atoms with Crippen LogP contribution in [0.1, 0.15) is 68.0 Å². The van der Waals surface area contributed by atoms with E-state index in [2.05, 4.69) is 33.9 Å². The molecule has 0 spiro atoms. The van der Waals surface area contributed by atoms with Gasteiger partial charge in [0.05, 0.1) is 24.3 Å². The third-order valence-electron chi connectivity index (χ3n) is 7.31. The number of nitrogens with one attached hydrogen (secondary N) is 1. The van der Waals surface area contributed by atoms with Crippen LogP contribution in [0.25, 0.3) is 0 Å². The van der Waals surface area contributed by atoms with Crippen LogP contribution in [0.15, 0.2) is 30.6 Å². The Morgan fingerprint density at radius 2 is 1.94 bits per heavy atom. The maximum Gasteiger partial charge on any atom is 0.325 e. The Morgan fingerprint density at radius 1 is 1.21 bits per heavy atom. The molecule has 2 aliphatic rings. The molecule has 1 fully saturated rings. The molecule has 8 nitrogen and oxygen atoms in total. The molecule has 2 heterocycles. The number of aryl methyl sites for hydroxylation is 1. The first-order chi connectivity index (χ1) is 16.3. The van der Waals surface area contributed by atoms with Crippen molar-refractivity contribution in [2.24, 2.45) is 5.92 Å². The van der Waals surface area contributed by atoms with Crippen molar-refractivity contribution < 1.29 is 19.5 Å². The second kappa shape index (κ2) is 10.4. The number of carbonyl (C=O) groups is 3. The van der Waals surface area contributed by atoms with E-state index < -0.39 is 24.0 Å². The second-order valence-corrected chi connectivity index (χ2v) is 9.69. The molecule has 1 aromatic heterocycles. The van der Waals surface area contributed by atoms with Crippen molar-refractivity contribution in [2.75, 3.05) is 0 Å². The van der Waals surface area contributed by atoms with Crippen LogP contribution in [0, 0.1) is 12.8 Å². The Hall–Kier alpha value is -3.16. The summed E-state index contributed by atoms with van der Waals surface area (Å²) < 4.78 is 2.06. The molecule has 2 amide bonds.